The number of amides is 1. The fraction of sp³-hybridized carbons (Fsp3) is 0.278. The lowest BCUT2D eigenvalue weighted by Crippen LogP contribution is -2.33. The third kappa shape index (κ3) is 4.29. The van der Waals surface area contributed by atoms with Crippen LogP contribution in [0.25, 0.3) is 0 Å². The van der Waals surface area contributed by atoms with Gasteiger partial charge in [-0.25, -0.2) is 4.39 Å². The predicted octanol–water partition coefficient (Wildman–Crippen LogP) is 3.41. The molecule has 1 heterocycles. The van der Waals surface area contributed by atoms with E-state index < -0.39 is 0 Å². The maximum absolute atomic E-state index is 12.8. The summed E-state index contributed by atoms with van der Waals surface area (Å²) in [6, 6.07) is 13.3. The van der Waals surface area contributed by atoms with Crippen LogP contribution in [0.3, 0.4) is 0 Å². The number of hydrogen-bond acceptors (Lipinski definition) is 3. The molecule has 2 aromatic carbocycles. The first kappa shape index (κ1) is 15.5. The van der Waals surface area contributed by atoms with Crippen molar-refractivity contribution in [3.05, 3.63) is 59.9 Å². The molecule has 1 aliphatic rings. The zero-order valence-corrected chi connectivity index (χ0v) is 12.6. The molecule has 2 aromatic rings. The van der Waals surface area contributed by atoms with Gasteiger partial charge < -0.3 is 14.8 Å². The van der Waals surface area contributed by atoms with E-state index >= 15 is 0 Å². The van der Waals surface area contributed by atoms with Crippen LogP contribution in [0.15, 0.2) is 48.5 Å². The van der Waals surface area contributed by atoms with E-state index in [4.69, 9.17) is 9.47 Å². The Morgan fingerprint density at radius 1 is 1.13 bits per heavy atom. The lowest BCUT2D eigenvalue weighted by molar-refractivity contribution is -0.130. The summed E-state index contributed by atoms with van der Waals surface area (Å²) in [5.74, 6) is 0.875. The molecule has 1 fully saturated rings. The second-order valence-corrected chi connectivity index (χ2v) is 5.42. The van der Waals surface area contributed by atoms with E-state index in [1.54, 1.807) is 12.1 Å². The van der Waals surface area contributed by atoms with Gasteiger partial charge in [0.15, 0.2) is 0 Å². The van der Waals surface area contributed by atoms with Gasteiger partial charge >= 0.3 is 0 Å². The molecule has 0 aromatic heterocycles. The van der Waals surface area contributed by atoms with Crippen molar-refractivity contribution >= 4 is 5.91 Å². The van der Waals surface area contributed by atoms with Crippen LogP contribution in [0, 0.1) is 5.82 Å². The van der Waals surface area contributed by atoms with Crippen molar-refractivity contribution in [1.82, 2.24) is 5.32 Å². The number of carbonyl (C=O) groups is 1. The van der Waals surface area contributed by atoms with Crippen LogP contribution < -0.4 is 10.1 Å². The van der Waals surface area contributed by atoms with Crippen molar-refractivity contribution in [3.8, 4) is 11.5 Å². The molecule has 0 spiro atoms. The minimum Gasteiger partial charge on any atom is -0.457 e. The standard InChI is InChI=1S/C18H18FNO3/c19-14-5-9-16(10-6-14)23-15-7-3-13(4-8-15)12-20-18(21)17-2-1-11-22-17/h3-10,17H,1-2,11-12H2,(H,20,21). The van der Waals surface area contributed by atoms with Gasteiger partial charge in [-0.1, -0.05) is 12.1 Å². The highest BCUT2D eigenvalue weighted by atomic mass is 19.1. The first-order valence-electron chi connectivity index (χ1n) is 7.62. The Bertz CT molecular complexity index is 649. The molecule has 4 nitrogen and oxygen atoms in total. The molecular formula is C18H18FNO3. The van der Waals surface area contributed by atoms with E-state index in [1.165, 1.54) is 12.1 Å². The van der Waals surface area contributed by atoms with E-state index in [0.717, 1.165) is 18.4 Å². The van der Waals surface area contributed by atoms with Crippen molar-refractivity contribution < 1.29 is 18.7 Å². The zero-order chi connectivity index (χ0) is 16.1. The summed E-state index contributed by atoms with van der Waals surface area (Å²) >= 11 is 0. The molecule has 1 unspecified atom stereocenters. The maximum atomic E-state index is 12.8. The summed E-state index contributed by atoms with van der Waals surface area (Å²) in [4.78, 5) is 11.9. The van der Waals surface area contributed by atoms with Gasteiger partial charge in [-0.2, -0.15) is 0 Å². The minimum atomic E-state index is -0.309. The van der Waals surface area contributed by atoms with Crippen LogP contribution in [-0.4, -0.2) is 18.6 Å². The Morgan fingerprint density at radius 3 is 2.39 bits per heavy atom. The number of carbonyl (C=O) groups excluding carboxylic acids is 1. The summed E-state index contributed by atoms with van der Waals surface area (Å²) in [6.45, 7) is 1.11. The highest BCUT2D eigenvalue weighted by Crippen LogP contribution is 2.22. The van der Waals surface area contributed by atoms with Gasteiger partial charge in [0.1, 0.15) is 23.4 Å². The van der Waals surface area contributed by atoms with Gasteiger partial charge in [-0.15, -0.1) is 0 Å². The molecule has 3 rings (SSSR count). The lowest BCUT2D eigenvalue weighted by Gasteiger charge is -2.11. The molecule has 23 heavy (non-hydrogen) atoms. The second-order valence-electron chi connectivity index (χ2n) is 5.42. The summed E-state index contributed by atoms with van der Waals surface area (Å²) in [6.07, 6.45) is 1.42. The molecule has 0 saturated carbocycles. The predicted molar refractivity (Wildman–Crippen MR) is 83.7 cm³/mol. The molecule has 120 valence electrons. The highest BCUT2D eigenvalue weighted by molar-refractivity contribution is 5.80. The average Bonchev–Trinajstić information content (AvgIpc) is 3.11. The zero-order valence-electron chi connectivity index (χ0n) is 12.6. The molecule has 1 atom stereocenters. The third-order valence-electron chi connectivity index (χ3n) is 3.66. The summed E-state index contributed by atoms with van der Waals surface area (Å²) in [5, 5.41) is 2.87. The van der Waals surface area contributed by atoms with Gasteiger partial charge in [0.05, 0.1) is 0 Å². The van der Waals surface area contributed by atoms with Crippen molar-refractivity contribution in [1.29, 1.82) is 0 Å². The van der Waals surface area contributed by atoms with E-state index in [9.17, 15) is 9.18 Å². The number of nitrogens with one attached hydrogen (secondary N) is 1. The summed E-state index contributed by atoms with van der Waals surface area (Å²) in [5.41, 5.74) is 0.975. The molecule has 0 aliphatic carbocycles. The van der Waals surface area contributed by atoms with E-state index in [0.29, 0.717) is 24.7 Å². The fourth-order valence-corrected chi connectivity index (χ4v) is 2.40. The molecule has 0 radical (unpaired) electrons. The molecule has 5 heteroatoms. The number of halogens is 1. The van der Waals surface area contributed by atoms with Gasteiger partial charge in [0, 0.05) is 13.2 Å². The highest BCUT2D eigenvalue weighted by Gasteiger charge is 2.22. The Balaban J connectivity index is 1.52. The Kier molecular flexibility index (Phi) is 4.88. The van der Waals surface area contributed by atoms with Crippen LogP contribution >= 0.6 is 0 Å². The first-order valence-corrected chi connectivity index (χ1v) is 7.62. The van der Waals surface area contributed by atoms with E-state index in [1.807, 2.05) is 24.3 Å². The summed E-state index contributed by atoms with van der Waals surface area (Å²) < 4.78 is 23.8. The second kappa shape index (κ2) is 7.24. The minimum absolute atomic E-state index is 0.0610. The van der Waals surface area contributed by atoms with Crippen molar-refractivity contribution in [2.75, 3.05) is 6.61 Å². The number of hydrogen-bond donors (Lipinski definition) is 1. The van der Waals surface area contributed by atoms with Crippen LogP contribution in [0.4, 0.5) is 4.39 Å². The number of ether oxygens (including phenoxy) is 2. The van der Waals surface area contributed by atoms with Gasteiger partial charge in [0.2, 0.25) is 5.91 Å². The van der Waals surface area contributed by atoms with Gasteiger partial charge in [-0.3, -0.25) is 4.79 Å². The number of rotatable bonds is 5. The van der Waals surface area contributed by atoms with Crippen molar-refractivity contribution in [2.24, 2.45) is 0 Å². The monoisotopic (exact) mass is 315 g/mol. The average molecular weight is 315 g/mol. The van der Waals surface area contributed by atoms with Crippen LogP contribution in [-0.2, 0) is 16.1 Å². The SMILES string of the molecule is O=C(NCc1ccc(Oc2ccc(F)cc2)cc1)C1CCCO1. The Morgan fingerprint density at radius 2 is 1.78 bits per heavy atom. The normalized spacial score (nSPS) is 17.0. The summed E-state index contributed by atoms with van der Waals surface area (Å²) in [7, 11) is 0. The first-order chi connectivity index (χ1) is 11.2. The molecule has 1 saturated heterocycles. The lowest BCUT2D eigenvalue weighted by atomic mass is 10.2. The van der Waals surface area contributed by atoms with Crippen molar-refractivity contribution in [2.45, 2.75) is 25.5 Å². The molecule has 1 amide bonds. The van der Waals surface area contributed by atoms with Gasteiger partial charge in [0.25, 0.3) is 0 Å². The number of benzene rings is 2. The smallest absolute Gasteiger partial charge is 0.249 e. The third-order valence-corrected chi connectivity index (χ3v) is 3.66. The molecule has 0 bridgehead atoms. The van der Waals surface area contributed by atoms with Crippen LogP contribution in [0.5, 0.6) is 11.5 Å². The molecule has 1 N–H and O–H groups in total. The van der Waals surface area contributed by atoms with E-state index in [2.05, 4.69) is 5.32 Å². The quantitative estimate of drug-likeness (QED) is 0.920. The molecular weight excluding hydrogens is 297 g/mol. The largest absolute Gasteiger partial charge is 0.457 e. The maximum Gasteiger partial charge on any atom is 0.249 e. The topological polar surface area (TPSA) is 47.6 Å². The Labute approximate surface area is 134 Å². The fourth-order valence-electron chi connectivity index (χ4n) is 2.40. The van der Waals surface area contributed by atoms with Gasteiger partial charge in [-0.05, 0) is 54.8 Å². The van der Waals surface area contributed by atoms with E-state index in [-0.39, 0.29) is 17.8 Å². The Hall–Kier alpha value is -2.40. The van der Waals surface area contributed by atoms with Crippen LogP contribution in [0.1, 0.15) is 18.4 Å². The van der Waals surface area contributed by atoms with Crippen molar-refractivity contribution in [3.63, 3.8) is 0 Å². The molecule has 1 aliphatic heterocycles. The van der Waals surface area contributed by atoms with Crippen LogP contribution in [0.2, 0.25) is 0 Å².